The van der Waals surface area contributed by atoms with Crippen LogP contribution in [0.2, 0.25) is 0 Å². The molecular weight excluding hydrogens is 417 g/mol. The second kappa shape index (κ2) is 10.3. The van der Waals surface area contributed by atoms with Crippen LogP contribution in [0.4, 0.5) is 22.0 Å². The molecule has 1 aliphatic carbocycles. The first-order valence-corrected chi connectivity index (χ1v) is 10.1. The van der Waals surface area contributed by atoms with Gasteiger partial charge in [0.2, 0.25) is 0 Å². The third kappa shape index (κ3) is 6.78. The van der Waals surface area contributed by atoms with E-state index in [1.165, 1.54) is 25.2 Å². The molecule has 0 fully saturated rings. The van der Waals surface area contributed by atoms with Gasteiger partial charge in [0, 0.05) is 24.2 Å². The van der Waals surface area contributed by atoms with E-state index >= 15 is 0 Å². The Morgan fingerprint density at radius 1 is 1.42 bits per heavy atom. The van der Waals surface area contributed by atoms with Gasteiger partial charge in [-0.05, 0) is 50.7 Å². The monoisotopic (exact) mass is 445 g/mol. The second-order valence-corrected chi connectivity index (χ2v) is 7.85. The number of alkyl halides is 4. The van der Waals surface area contributed by atoms with Gasteiger partial charge in [-0.1, -0.05) is 25.3 Å². The molecule has 2 aliphatic rings. The average Bonchev–Trinajstić information content (AvgIpc) is 2.69. The van der Waals surface area contributed by atoms with Crippen LogP contribution in [-0.2, 0) is 4.79 Å². The maximum Gasteiger partial charge on any atom is 0.392 e. The summed E-state index contributed by atoms with van der Waals surface area (Å²) >= 11 is 0. The highest BCUT2D eigenvalue weighted by molar-refractivity contribution is 5.91. The van der Waals surface area contributed by atoms with Crippen molar-refractivity contribution in [3.05, 3.63) is 59.9 Å². The van der Waals surface area contributed by atoms with E-state index in [0.717, 1.165) is 5.01 Å². The van der Waals surface area contributed by atoms with E-state index in [1.807, 2.05) is 0 Å². The lowest BCUT2D eigenvalue weighted by Gasteiger charge is -2.34. The number of allylic oxidation sites excluding steroid dienone is 4. The standard InChI is InChI=1S/C22H28F5N3O/c1-5-18(23)11-19(24)13(2)10-14(3)29-30-15(4)28-20(12-21(30)31)16-6-8-17(9-7-16)22(25,26)27/h5-6,12,14,17,19,28-29H,2,4,7-11H2,1,3H3/b18-5+/t14-,17?,19?/m1/s1. The number of hydrogen-bond acceptors (Lipinski definition) is 3. The Hall–Kier alpha value is -2.42. The van der Waals surface area contributed by atoms with Crippen molar-refractivity contribution in [1.29, 1.82) is 0 Å². The van der Waals surface area contributed by atoms with Crippen LogP contribution in [0.3, 0.4) is 0 Å². The lowest BCUT2D eigenvalue weighted by atomic mass is 9.87. The summed E-state index contributed by atoms with van der Waals surface area (Å²) in [4.78, 5) is 12.5. The van der Waals surface area contributed by atoms with Crippen LogP contribution in [0, 0.1) is 5.92 Å². The molecule has 31 heavy (non-hydrogen) atoms. The first-order valence-electron chi connectivity index (χ1n) is 10.1. The second-order valence-electron chi connectivity index (χ2n) is 7.85. The number of carbonyl (C=O) groups excluding carboxylic acids is 1. The van der Waals surface area contributed by atoms with Crippen LogP contribution in [0.1, 0.15) is 46.0 Å². The van der Waals surface area contributed by atoms with Crippen LogP contribution in [0.5, 0.6) is 0 Å². The van der Waals surface area contributed by atoms with Gasteiger partial charge in [0.25, 0.3) is 5.91 Å². The lowest BCUT2D eigenvalue weighted by Crippen LogP contribution is -2.51. The largest absolute Gasteiger partial charge is 0.392 e. The SMILES string of the molecule is C=C(C[C@@H](C)NN1C(=C)NC(C2=CCC(C(F)(F)F)CC2)=CC1=O)C(F)C/C(F)=C\C. The van der Waals surface area contributed by atoms with Crippen molar-refractivity contribution >= 4 is 5.91 Å². The van der Waals surface area contributed by atoms with Gasteiger partial charge in [0.05, 0.1) is 11.7 Å². The fraction of sp³-hybridized carbons (Fsp3) is 0.500. The summed E-state index contributed by atoms with van der Waals surface area (Å²) in [5.41, 5.74) is 4.16. The number of nitrogens with one attached hydrogen (secondary N) is 2. The smallest absolute Gasteiger partial charge is 0.341 e. The molecule has 0 aromatic rings. The van der Waals surface area contributed by atoms with E-state index < -0.39 is 36.0 Å². The zero-order chi connectivity index (χ0) is 23.3. The highest BCUT2D eigenvalue weighted by Gasteiger charge is 2.40. The molecule has 0 aromatic heterocycles. The number of nitrogens with zero attached hydrogens (tertiary/aromatic N) is 1. The molecule has 2 rings (SSSR count). The third-order valence-electron chi connectivity index (χ3n) is 5.31. The summed E-state index contributed by atoms with van der Waals surface area (Å²) in [6.45, 7) is 10.6. The van der Waals surface area contributed by atoms with Gasteiger partial charge < -0.3 is 5.32 Å². The Morgan fingerprint density at radius 3 is 2.61 bits per heavy atom. The zero-order valence-corrected chi connectivity index (χ0v) is 17.7. The summed E-state index contributed by atoms with van der Waals surface area (Å²) in [6, 6.07) is -0.404. The molecule has 9 heteroatoms. The summed E-state index contributed by atoms with van der Waals surface area (Å²) in [5.74, 6) is -2.18. The number of hydrazine groups is 1. The molecule has 0 saturated heterocycles. The van der Waals surface area contributed by atoms with Crippen molar-refractivity contribution in [2.45, 2.75) is 64.3 Å². The fourth-order valence-corrected chi connectivity index (χ4v) is 3.48. The number of rotatable bonds is 8. The fourth-order valence-electron chi connectivity index (χ4n) is 3.48. The Morgan fingerprint density at radius 2 is 2.10 bits per heavy atom. The molecular formula is C22H28F5N3O. The molecule has 172 valence electrons. The van der Waals surface area contributed by atoms with Gasteiger partial charge in [-0.3, -0.25) is 4.79 Å². The minimum atomic E-state index is -4.23. The Bertz CT molecular complexity index is 812. The predicted molar refractivity (Wildman–Crippen MR) is 109 cm³/mol. The number of amides is 1. The molecule has 3 atom stereocenters. The van der Waals surface area contributed by atoms with E-state index in [-0.39, 0.29) is 43.5 Å². The van der Waals surface area contributed by atoms with Crippen LogP contribution in [0.25, 0.3) is 0 Å². The summed E-state index contributed by atoms with van der Waals surface area (Å²) < 4.78 is 65.8. The molecule has 0 aromatic carbocycles. The van der Waals surface area contributed by atoms with Crippen LogP contribution in [-0.4, -0.2) is 29.3 Å². The highest BCUT2D eigenvalue weighted by atomic mass is 19.4. The summed E-state index contributed by atoms with van der Waals surface area (Å²) in [5, 5.41) is 4.10. The minimum absolute atomic E-state index is 0.0334. The number of hydrogen-bond donors (Lipinski definition) is 2. The van der Waals surface area contributed by atoms with Crippen molar-refractivity contribution in [2.24, 2.45) is 5.92 Å². The van der Waals surface area contributed by atoms with Gasteiger partial charge in [0.15, 0.2) is 0 Å². The predicted octanol–water partition coefficient (Wildman–Crippen LogP) is 5.50. The number of carbonyl (C=O) groups is 1. The molecule has 4 nitrogen and oxygen atoms in total. The van der Waals surface area contributed by atoms with E-state index in [2.05, 4.69) is 23.9 Å². The lowest BCUT2D eigenvalue weighted by molar-refractivity contribution is -0.176. The average molecular weight is 445 g/mol. The molecule has 1 amide bonds. The summed E-state index contributed by atoms with van der Waals surface area (Å²) in [7, 11) is 0. The van der Waals surface area contributed by atoms with Crippen LogP contribution in [0.15, 0.2) is 59.9 Å². The van der Waals surface area contributed by atoms with Gasteiger partial charge >= 0.3 is 6.18 Å². The van der Waals surface area contributed by atoms with Gasteiger partial charge in [-0.15, -0.1) is 0 Å². The van der Waals surface area contributed by atoms with E-state index in [9.17, 15) is 26.7 Å². The zero-order valence-electron chi connectivity index (χ0n) is 17.7. The minimum Gasteiger partial charge on any atom is -0.341 e. The van der Waals surface area contributed by atoms with E-state index in [1.54, 1.807) is 6.92 Å². The first kappa shape index (κ1) is 24.8. The molecule has 2 N–H and O–H groups in total. The van der Waals surface area contributed by atoms with Crippen LogP contribution >= 0.6 is 0 Å². The van der Waals surface area contributed by atoms with Crippen molar-refractivity contribution in [3.63, 3.8) is 0 Å². The first-order chi connectivity index (χ1) is 14.4. The molecule has 2 unspecified atom stereocenters. The highest BCUT2D eigenvalue weighted by Crippen LogP contribution is 2.38. The molecule has 1 heterocycles. The van der Waals surface area contributed by atoms with E-state index in [4.69, 9.17) is 0 Å². The quantitative estimate of drug-likeness (QED) is 0.383. The molecule has 0 spiro atoms. The van der Waals surface area contributed by atoms with Gasteiger partial charge in [-0.2, -0.15) is 13.2 Å². The normalized spacial score (nSPS) is 22.5. The Kier molecular flexibility index (Phi) is 8.22. The van der Waals surface area contributed by atoms with Crippen molar-refractivity contribution in [2.75, 3.05) is 0 Å². The molecule has 0 saturated carbocycles. The van der Waals surface area contributed by atoms with Gasteiger partial charge in [-0.25, -0.2) is 19.2 Å². The van der Waals surface area contributed by atoms with Crippen LogP contribution < -0.4 is 10.7 Å². The Labute approximate surface area is 179 Å². The molecule has 0 radical (unpaired) electrons. The third-order valence-corrected chi connectivity index (χ3v) is 5.31. The van der Waals surface area contributed by atoms with E-state index in [0.29, 0.717) is 11.3 Å². The van der Waals surface area contributed by atoms with Crippen molar-refractivity contribution in [1.82, 2.24) is 15.8 Å². The Balaban J connectivity index is 1.96. The maximum absolute atomic E-state index is 14.1. The summed E-state index contributed by atoms with van der Waals surface area (Å²) in [6.07, 6.45) is -1.95. The van der Waals surface area contributed by atoms with Gasteiger partial charge in [0.1, 0.15) is 12.0 Å². The maximum atomic E-state index is 14.1. The topological polar surface area (TPSA) is 44.4 Å². The molecule has 1 aliphatic heterocycles. The van der Waals surface area contributed by atoms with Crippen molar-refractivity contribution in [3.8, 4) is 0 Å². The number of halogens is 5. The van der Waals surface area contributed by atoms with Crippen molar-refractivity contribution < 1.29 is 26.7 Å². The molecule has 0 bridgehead atoms.